The highest BCUT2D eigenvalue weighted by atomic mass is 35.5. The number of benzene rings is 2. The summed E-state index contributed by atoms with van der Waals surface area (Å²) < 4.78 is 31.7. The molecule has 1 amide bonds. The minimum absolute atomic E-state index is 0. The van der Waals surface area contributed by atoms with Crippen LogP contribution in [0.15, 0.2) is 47.4 Å². The number of amides is 1. The molecule has 1 atom stereocenters. The Morgan fingerprint density at radius 3 is 2.70 bits per heavy atom. The lowest BCUT2D eigenvalue weighted by Gasteiger charge is -2.35. The zero-order valence-electron chi connectivity index (χ0n) is 17.9. The molecule has 2 aromatic carbocycles. The summed E-state index contributed by atoms with van der Waals surface area (Å²) in [5.41, 5.74) is 2.93. The average molecular weight is 506 g/mol. The fraction of sp³-hybridized carbons (Fsp3) is 0.318. The van der Waals surface area contributed by atoms with Crippen molar-refractivity contribution in [3.8, 4) is 0 Å². The van der Waals surface area contributed by atoms with E-state index in [1.807, 2.05) is 18.2 Å². The van der Waals surface area contributed by atoms with Gasteiger partial charge in [-0.25, -0.2) is 13.4 Å². The van der Waals surface area contributed by atoms with Crippen LogP contribution in [-0.4, -0.2) is 42.8 Å². The number of rotatable bonds is 5. The predicted octanol–water partition coefficient (Wildman–Crippen LogP) is 4.10. The highest BCUT2D eigenvalue weighted by Crippen LogP contribution is 2.35. The molecule has 0 saturated carbocycles. The number of anilines is 3. The molecule has 3 heterocycles. The molecule has 1 fully saturated rings. The number of carbonyl (C=O) groups excluding carboxylic acids is 1. The summed E-state index contributed by atoms with van der Waals surface area (Å²) in [5, 5.41) is 0.929. The fourth-order valence-electron chi connectivity index (χ4n) is 4.45. The van der Waals surface area contributed by atoms with Crippen molar-refractivity contribution in [2.45, 2.75) is 37.1 Å². The smallest absolute Gasteiger partial charge is 0.263 e. The van der Waals surface area contributed by atoms with Gasteiger partial charge in [-0.15, -0.1) is 0 Å². The molecule has 2 aliphatic heterocycles. The molecule has 1 N–H and O–H groups in total. The number of nitrogens with zero attached hydrogens (tertiary/aromatic N) is 4. The Morgan fingerprint density at radius 2 is 1.97 bits per heavy atom. The van der Waals surface area contributed by atoms with Gasteiger partial charge in [0.05, 0.1) is 4.90 Å². The van der Waals surface area contributed by atoms with Crippen LogP contribution in [0.25, 0.3) is 0 Å². The molecule has 174 valence electrons. The van der Waals surface area contributed by atoms with E-state index in [0.717, 1.165) is 36.6 Å². The zero-order valence-corrected chi connectivity index (χ0v) is 20.3. The first kappa shape index (κ1) is 22.1. The number of aryl methyl sites for hydroxylation is 2. The normalized spacial score (nSPS) is 18.5. The number of aromatic nitrogens is 2. The van der Waals surface area contributed by atoms with Crippen molar-refractivity contribution in [3.63, 3.8) is 0 Å². The molecule has 1 aromatic heterocycles. The number of sulfonamides is 1. The standard InChI is InChI=1S/C22H22ClN5O3S2.H2/c1-14-24-22(32-25-14)26-33(30,31)18-7-5-17(6-8-18)27-12-10-20(21(27)29)28-11-2-3-15-13-16(23)4-9-19(15)28;/h4-9,13,20H,2-3,10-12H2,1H3,(H,24,25,26);1H/t20-;/m0./s1. The van der Waals surface area contributed by atoms with Crippen molar-refractivity contribution in [2.24, 2.45) is 0 Å². The molecule has 0 radical (unpaired) electrons. The van der Waals surface area contributed by atoms with Gasteiger partial charge in [0.15, 0.2) is 0 Å². The van der Waals surface area contributed by atoms with E-state index in [1.54, 1.807) is 24.0 Å². The molecule has 33 heavy (non-hydrogen) atoms. The summed E-state index contributed by atoms with van der Waals surface area (Å²) in [5.74, 6) is 0.533. The van der Waals surface area contributed by atoms with Crippen LogP contribution in [0.4, 0.5) is 16.5 Å². The molecule has 11 heteroatoms. The van der Waals surface area contributed by atoms with E-state index >= 15 is 0 Å². The van der Waals surface area contributed by atoms with Gasteiger partial charge in [0.25, 0.3) is 10.0 Å². The van der Waals surface area contributed by atoms with Crippen molar-refractivity contribution >= 4 is 55.6 Å². The quantitative estimate of drug-likeness (QED) is 0.560. The summed E-state index contributed by atoms with van der Waals surface area (Å²) >= 11 is 7.15. The number of hydrogen-bond acceptors (Lipinski definition) is 7. The lowest BCUT2D eigenvalue weighted by atomic mass is 9.99. The van der Waals surface area contributed by atoms with E-state index in [1.165, 1.54) is 17.7 Å². The van der Waals surface area contributed by atoms with Crippen LogP contribution >= 0.6 is 23.1 Å². The highest BCUT2D eigenvalue weighted by Gasteiger charge is 2.38. The third kappa shape index (κ3) is 4.30. The van der Waals surface area contributed by atoms with Crippen molar-refractivity contribution in [1.82, 2.24) is 9.36 Å². The number of nitrogens with one attached hydrogen (secondary N) is 1. The van der Waals surface area contributed by atoms with Crippen LogP contribution in [0.1, 0.15) is 25.7 Å². The monoisotopic (exact) mass is 505 g/mol. The fourth-order valence-corrected chi connectivity index (χ4v) is 6.44. The van der Waals surface area contributed by atoms with E-state index in [2.05, 4.69) is 19.0 Å². The van der Waals surface area contributed by atoms with E-state index in [0.29, 0.717) is 29.5 Å². The Balaban J connectivity index is 0.00000274. The van der Waals surface area contributed by atoms with Gasteiger partial charge in [-0.3, -0.25) is 9.52 Å². The second-order valence-electron chi connectivity index (χ2n) is 8.11. The largest absolute Gasteiger partial charge is 0.359 e. The Morgan fingerprint density at radius 1 is 1.18 bits per heavy atom. The van der Waals surface area contributed by atoms with Gasteiger partial charge in [-0.1, -0.05) is 11.6 Å². The first-order valence-electron chi connectivity index (χ1n) is 10.6. The predicted molar refractivity (Wildman–Crippen MR) is 132 cm³/mol. The van der Waals surface area contributed by atoms with Gasteiger partial charge >= 0.3 is 0 Å². The Bertz CT molecular complexity index is 1320. The van der Waals surface area contributed by atoms with E-state index in [-0.39, 0.29) is 23.4 Å². The van der Waals surface area contributed by atoms with Gasteiger partial charge in [0, 0.05) is 42.4 Å². The number of halogens is 1. The van der Waals surface area contributed by atoms with Crippen LogP contribution in [0.5, 0.6) is 0 Å². The molecule has 8 nitrogen and oxygen atoms in total. The molecule has 1 saturated heterocycles. The van der Waals surface area contributed by atoms with Crippen molar-refractivity contribution < 1.29 is 14.6 Å². The molecular weight excluding hydrogens is 482 g/mol. The van der Waals surface area contributed by atoms with Crippen molar-refractivity contribution in [2.75, 3.05) is 27.6 Å². The molecule has 0 unspecified atom stereocenters. The summed E-state index contributed by atoms with van der Waals surface area (Å²) in [6.07, 6.45) is 2.64. The molecule has 5 rings (SSSR count). The van der Waals surface area contributed by atoms with E-state index in [9.17, 15) is 13.2 Å². The zero-order chi connectivity index (χ0) is 23.2. The Kier molecular flexibility index (Phi) is 5.75. The van der Waals surface area contributed by atoms with Crippen LogP contribution in [0.3, 0.4) is 0 Å². The maximum atomic E-state index is 13.3. The number of fused-ring (bicyclic) bond motifs is 1. The summed E-state index contributed by atoms with van der Waals surface area (Å²) in [6.45, 7) is 3.10. The second-order valence-corrected chi connectivity index (χ2v) is 11.0. The van der Waals surface area contributed by atoms with Gasteiger partial charge in [-0.2, -0.15) is 4.37 Å². The van der Waals surface area contributed by atoms with Crippen LogP contribution in [0.2, 0.25) is 5.02 Å². The van der Waals surface area contributed by atoms with Crippen molar-refractivity contribution in [1.29, 1.82) is 0 Å². The SMILES string of the molecule is Cc1nsc(NS(=O)(=O)c2ccc(N3CC[C@H](N4CCCc5cc(Cl)ccc54)C3=O)cc2)n1.[HH]. The molecule has 0 aliphatic carbocycles. The lowest BCUT2D eigenvalue weighted by molar-refractivity contribution is -0.118. The molecule has 3 aromatic rings. The summed E-state index contributed by atoms with van der Waals surface area (Å²) in [6, 6.07) is 12.0. The molecular formula is C22H24ClN5O3S2. The average Bonchev–Trinajstić information content (AvgIpc) is 3.37. The van der Waals surface area contributed by atoms with Gasteiger partial charge in [0.2, 0.25) is 11.0 Å². The van der Waals surface area contributed by atoms with Crippen LogP contribution in [-0.2, 0) is 21.2 Å². The maximum absolute atomic E-state index is 13.3. The summed E-state index contributed by atoms with van der Waals surface area (Å²) in [7, 11) is -3.78. The molecule has 0 bridgehead atoms. The Hall–Kier alpha value is -2.69. The van der Waals surface area contributed by atoms with Crippen molar-refractivity contribution in [3.05, 3.63) is 58.9 Å². The lowest BCUT2D eigenvalue weighted by Crippen LogP contribution is -2.44. The van der Waals surface area contributed by atoms with E-state index < -0.39 is 10.0 Å². The third-order valence-electron chi connectivity index (χ3n) is 5.96. The van der Waals surface area contributed by atoms with Gasteiger partial charge < -0.3 is 9.80 Å². The number of hydrogen-bond donors (Lipinski definition) is 1. The van der Waals surface area contributed by atoms with Gasteiger partial charge in [0.1, 0.15) is 11.9 Å². The van der Waals surface area contributed by atoms with Crippen LogP contribution < -0.4 is 14.5 Å². The Labute approximate surface area is 202 Å². The summed E-state index contributed by atoms with van der Waals surface area (Å²) in [4.78, 5) is 21.4. The van der Waals surface area contributed by atoms with Crippen LogP contribution in [0, 0.1) is 6.92 Å². The van der Waals surface area contributed by atoms with Gasteiger partial charge in [-0.05, 0) is 74.2 Å². The molecule has 0 spiro atoms. The first-order chi connectivity index (χ1) is 15.8. The first-order valence-corrected chi connectivity index (χ1v) is 13.2. The topological polar surface area (TPSA) is 95.5 Å². The maximum Gasteiger partial charge on any atom is 0.263 e. The van der Waals surface area contributed by atoms with E-state index in [4.69, 9.17) is 11.6 Å². The minimum Gasteiger partial charge on any atom is -0.359 e. The second kappa shape index (κ2) is 8.58. The number of carbonyl (C=O) groups is 1. The minimum atomic E-state index is -3.78. The third-order valence-corrected chi connectivity index (χ3v) is 8.40. The highest BCUT2D eigenvalue weighted by molar-refractivity contribution is 7.93. The molecule has 2 aliphatic rings.